The van der Waals surface area contributed by atoms with E-state index in [0.29, 0.717) is 0 Å². The molecule has 1 N–H and O–H groups in total. The minimum absolute atomic E-state index is 0.111. The van der Waals surface area contributed by atoms with Gasteiger partial charge in [0.05, 0.1) is 11.3 Å². The van der Waals surface area contributed by atoms with Gasteiger partial charge in [0.2, 0.25) is 9.84 Å². The summed E-state index contributed by atoms with van der Waals surface area (Å²) in [6.07, 6.45) is -4.60. The van der Waals surface area contributed by atoms with Gasteiger partial charge in [-0.25, -0.2) is 17.5 Å². The Hall–Kier alpha value is -2.50. The maximum atomic E-state index is 14.4. The number of sulfone groups is 1. The van der Waals surface area contributed by atoms with Gasteiger partial charge in [-0.15, -0.1) is 5.10 Å². The Bertz CT molecular complexity index is 984. The lowest BCUT2D eigenvalue weighted by Gasteiger charge is -2.12. The second-order valence-corrected chi connectivity index (χ2v) is 7.86. The molecule has 1 aromatic heterocycles. The lowest BCUT2D eigenvalue weighted by atomic mass is 10.0. The fourth-order valence-electron chi connectivity index (χ4n) is 2.22. The number of nitrogens with one attached hydrogen (secondary N) is 1. The average molecular weight is 408 g/mol. The third kappa shape index (κ3) is 4.62. The molecule has 0 saturated heterocycles. The minimum atomic E-state index is -4.60. The van der Waals surface area contributed by atoms with Crippen molar-refractivity contribution in [3.8, 4) is 11.4 Å². The molecule has 2 aromatic rings. The van der Waals surface area contributed by atoms with Crippen LogP contribution < -0.4 is 5.32 Å². The number of hydrogen-bond acceptors (Lipinski definition) is 5. The Balaban J connectivity index is 2.49. The molecule has 148 valence electrons. The van der Waals surface area contributed by atoms with Gasteiger partial charge in [-0.1, -0.05) is 6.92 Å². The Labute approximate surface area is 152 Å². The van der Waals surface area contributed by atoms with Crippen LogP contribution in [0.15, 0.2) is 17.3 Å². The number of rotatable bonds is 5. The summed E-state index contributed by atoms with van der Waals surface area (Å²) in [5, 5.41) is 4.94. The predicted molar refractivity (Wildman–Crippen MR) is 87.2 cm³/mol. The molecule has 1 amide bonds. The average Bonchev–Trinajstić information content (AvgIpc) is 2.94. The lowest BCUT2D eigenvalue weighted by molar-refractivity contribution is -0.123. The first-order valence-electron chi connectivity index (χ1n) is 7.65. The van der Waals surface area contributed by atoms with Gasteiger partial charge in [0.1, 0.15) is 12.4 Å². The third-order valence-electron chi connectivity index (χ3n) is 3.65. The molecule has 0 unspecified atom stereocenters. The number of amides is 1. The van der Waals surface area contributed by atoms with Gasteiger partial charge in [-0.2, -0.15) is 18.2 Å². The summed E-state index contributed by atoms with van der Waals surface area (Å²) >= 11 is 0. The van der Waals surface area contributed by atoms with Gasteiger partial charge >= 0.3 is 6.18 Å². The molecule has 0 radical (unpaired) electrons. The van der Waals surface area contributed by atoms with E-state index in [9.17, 15) is 30.8 Å². The van der Waals surface area contributed by atoms with Gasteiger partial charge in [0.15, 0.2) is 5.82 Å². The molecule has 1 heterocycles. The highest BCUT2D eigenvalue weighted by molar-refractivity contribution is 7.91. The standard InChI is InChI=1S/C15H16F4N4O3S/c1-4-27(25,26)14-21-12(23(3)22-14)10-6-9(8(2)5-11(10)16)13(24)20-7-15(17,18)19/h5-6H,4,7H2,1-3H3,(H,20,24). The van der Waals surface area contributed by atoms with Gasteiger partial charge in [0.25, 0.3) is 11.1 Å². The minimum Gasteiger partial charge on any atom is -0.343 e. The summed E-state index contributed by atoms with van der Waals surface area (Å²) in [4.78, 5) is 15.8. The second-order valence-electron chi connectivity index (χ2n) is 5.69. The largest absolute Gasteiger partial charge is 0.405 e. The molecule has 0 aliphatic rings. The maximum Gasteiger partial charge on any atom is 0.405 e. The fourth-order valence-corrected chi connectivity index (χ4v) is 2.95. The molecule has 0 bridgehead atoms. The monoisotopic (exact) mass is 408 g/mol. The first-order chi connectivity index (χ1) is 12.4. The van der Waals surface area contributed by atoms with Crippen molar-refractivity contribution in [1.29, 1.82) is 0 Å². The number of aryl methyl sites for hydroxylation is 2. The van der Waals surface area contributed by atoms with E-state index in [1.54, 1.807) is 5.32 Å². The van der Waals surface area contributed by atoms with Crippen molar-refractivity contribution in [2.24, 2.45) is 7.05 Å². The molecule has 1 aromatic carbocycles. The molecular formula is C15H16F4N4O3S. The number of nitrogens with zero attached hydrogens (tertiary/aromatic N) is 3. The highest BCUT2D eigenvalue weighted by Crippen LogP contribution is 2.26. The highest BCUT2D eigenvalue weighted by atomic mass is 32.2. The predicted octanol–water partition coefficient (Wildman–Crippen LogP) is 2.02. The normalized spacial score (nSPS) is 12.3. The van der Waals surface area contributed by atoms with E-state index in [1.165, 1.54) is 20.9 Å². The maximum absolute atomic E-state index is 14.4. The second kappa shape index (κ2) is 7.25. The van der Waals surface area contributed by atoms with Crippen LogP contribution in [-0.2, 0) is 16.9 Å². The molecule has 0 atom stereocenters. The van der Waals surface area contributed by atoms with Crippen molar-refractivity contribution in [1.82, 2.24) is 20.1 Å². The molecule has 0 fully saturated rings. The number of benzene rings is 1. The summed E-state index contributed by atoms with van der Waals surface area (Å²) in [5.74, 6) is -2.31. The summed E-state index contributed by atoms with van der Waals surface area (Å²) < 4.78 is 76.0. The van der Waals surface area contributed by atoms with Gasteiger partial charge in [0, 0.05) is 12.6 Å². The van der Waals surface area contributed by atoms with E-state index < -0.39 is 39.4 Å². The number of hydrogen-bond donors (Lipinski definition) is 1. The molecule has 27 heavy (non-hydrogen) atoms. The Kier molecular flexibility index (Phi) is 5.59. The molecule has 12 heteroatoms. The summed E-state index contributed by atoms with van der Waals surface area (Å²) in [6.45, 7) is 1.21. The Morgan fingerprint density at radius 1 is 1.30 bits per heavy atom. The van der Waals surface area contributed by atoms with Crippen LogP contribution in [0.1, 0.15) is 22.8 Å². The van der Waals surface area contributed by atoms with Gasteiger partial charge in [-0.05, 0) is 24.6 Å². The van der Waals surface area contributed by atoms with Gasteiger partial charge in [-0.3, -0.25) is 4.79 Å². The van der Waals surface area contributed by atoms with Crippen LogP contribution in [0.5, 0.6) is 0 Å². The van der Waals surface area contributed by atoms with Crippen LogP contribution in [0.2, 0.25) is 0 Å². The zero-order valence-electron chi connectivity index (χ0n) is 14.6. The highest BCUT2D eigenvalue weighted by Gasteiger charge is 2.29. The van der Waals surface area contributed by atoms with Crippen molar-refractivity contribution in [3.05, 3.63) is 29.1 Å². The van der Waals surface area contributed by atoms with E-state index in [1.807, 2.05) is 0 Å². The number of aromatic nitrogens is 3. The van der Waals surface area contributed by atoms with Gasteiger partial charge < -0.3 is 5.32 Å². The van der Waals surface area contributed by atoms with Crippen LogP contribution in [0.25, 0.3) is 11.4 Å². The Morgan fingerprint density at radius 2 is 1.93 bits per heavy atom. The number of carbonyl (C=O) groups excluding carboxylic acids is 1. The number of carbonyl (C=O) groups is 1. The molecule has 2 rings (SSSR count). The number of halogens is 4. The van der Waals surface area contributed by atoms with E-state index in [0.717, 1.165) is 16.8 Å². The van der Waals surface area contributed by atoms with Crippen LogP contribution in [0, 0.1) is 12.7 Å². The zero-order valence-corrected chi connectivity index (χ0v) is 15.4. The van der Waals surface area contributed by atoms with Crippen molar-refractivity contribution in [2.75, 3.05) is 12.3 Å². The Morgan fingerprint density at radius 3 is 2.48 bits per heavy atom. The first kappa shape index (κ1) is 20.8. The van der Waals surface area contributed by atoms with E-state index >= 15 is 0 Å². The number of alkyl halides is 3. The van der Waals surface area contributed by atoms with Crippen molar-refractivity contribution in [3.63, 3.8) is 0 Å². The first-order valence-corrected chi connectivity index (χ1v) is 9.30. The van der Waals surface area contributed by atoms with Crippen LogP contribution in [0.4, 0.5) is 17.6 Å². The smallest absolute Gasteiger partial charge is 0.343 e. The quantitative estimate of drug-likeness (QED) is 0.764. The zero-order chi connectivity index (χ0) is 20.6. The molecule has 0 aliphatic heterocycles. The van der Waals surface area contributed by atoms with E-state index in [2.05, 4.69) is 10.1 Å². The van der Waals surface area contributed by atoms with Crippen LogP contribution in [0.3, 0.4) is 0 Å². The van der Waals surface area contributed by atoms with Crippen molar-refractivity contribution >= 4 is 15.7 Å². The molecule has 0 saturated carbocycles. The van der Waals surface area contributed by atoms with Crippen molar-refractivity contribution in [2.45, 2.75) is 25.2 Å². The summed E-state index contributed by atoms with van der Waals surface area (Å²) in [5.41, 5.74) is -0.344. The SMILES string of the molecule is CCS(=O)(=O)c1nc(-c2cc(C(=O)NCC(F)(F)F)c(C)cc2F)n(C)n1. The molecule has 0 spiro atoms. The van der Waals surface area contributed by atoms with Crippen LogP contribution >= 0.6 is 0 Å². The van der Waals surface area contributed by atoms with Crippen LogP contribution in [-0.4, -0.2) is 47.6 Å². The summed E-state index contributed by atoms with van der Waals surface area (Å²) in [6, 6.07) is 1.98. The van der Waals surface area contributed by atoms with E-state index in [4.69, 9.17) is 0 Å². The topological polar surface area (TPSA) is 94.0 Å². The van der Waals surface area contributed by atoms with Crippen molar-refractivity contribution < 1.29 is 30.8 Å². The molecular weight excluding hydrogens is 392 g/mol. The molecule has 0 aliphatic carbocycles. The molecule has 7 nitrogen and oxygen atoms in total. The third-order valence-corrected chi connectivity index (χ3v) is 5.14. The van der Waals surface area contributed by atoms with E-state index in [-0.39, 0.29) is 28.3 Å². The summed E-state index contributed by atoms with van der Waals surface area (Å²) in [7, 11) is -2.42. The fraction of sp³-hybridized carbons (Fsp3) is 0.400. The lowest BCUT2D eigenvalue weighted by Crippen LogP contribution is -2.34.